The van der Waals surface area contributed by atoms with E-state index in [1.54, 1.807) is 18.2 Å². The molecule has 6 nitrogen and oxygen atoms in total. The molecule has 0 spiro atoms. The van der Waals surface area contributed by atoms with Crippen molar-refractivity contribution in [2.75, 3.05) is 4.72 Å². The number of benzene rings is 2. The van der Waals surface area contributed by atoms with Gasteiger partial charge in [0, 0.05) is 0 Å². The maximum absolute atomic E-state index is 13.5. The van der Waals surface area contributed by atoms with E-state index in [1.807, 2.05) is 32.9 Å². The number of hydrogen-bond donors (Lipinski definition) is 2. The molecule has 2 N–H and O–H groups in total. The zero-order chi connectivity index (χ0) is 22.6. The highest BCUT2D eigenvalue weighted by Crippen LogP contribution is 2.42. The van der Waals surface area contributed by atoms with Crippen LogP contribution in [0.1, 0.15) is 67.4 Å². The van der Waals surface area contributed by atoms with Crippen molar-refractivity contribution in [3.63, 3.8) is 0 Å². The molecule has 31 heavy (non-hydrogen) atoms. The van der Waals surface area contributed by atoms with Gasteiger partial charge in [0.15, 0.2) is 0 Å². The van der Waals surface area contributed by atoms with E-state index in [1.165, 1.54) is 12.1 Å². The summed E-state index contributed by atoms with van der Waals surface area (Å²) in [4.78, 5) is 11.0. The summed E-state index contributed by atoms with van der Waals surface area (Å²) in [5.74, 6) is -0.516. The summed E-state index contributed by atoms with van der Waals surface area (Å²) >= 11 is 0. The van der Waals surface area contributed by atoms with Gasteiger partial charge in [-0.3, -0.25) is 4.72 Å². The fourth-order valence-corrected chi connectivity index (χ4v) is 6.40. The predicted octanol–water partition coefficient (Wildman–Crippen LogP) is 5.37. The lowest BCUT2D eigenvalue weighted by Gasteiger charge is -2.40. The van der Waals surface area contributed by atoms with Crippen LogP contribution in [0.3, 0.4) is 0 Å². The van der Waals surface area contributed by atoms with E-state index in [9.17, 15) is 13.2 Å². The first kappa shape index (κ1) is 23.1. The largest absolute Gasteiger partial charge is 0.487 e. The summed E-state index contributed by atoms with van der Waals surface area (Å²) in [5, 5.41) is 9.03. The third-order valence-electron chi connectivity index (χ3n) is 6.26. The SMILES string of the molecule is Cc1ccc(NS(=O)(=O)C2(C(C)C)CCCCC2)c(OCc2ccc(C(=O)O)cc2)c1. The minimum atomic E-state index is -3.63. The molecule has 1 aliphatic carbocycles. The van der Waals surface area contributed by atoms with Crippen LogP contribution in [0.2, 0.25) is 0 Å². The van der Waals surface area contributed by atoms with Crippen molar-refractivity contribution in [3.05, 3.63) is 59.2 Å². The second kappa shape index (κ2) is 9.30. The molecule has 7 heteroatoms. The molecule has 0 unspecified atom stereocenters. The first-order valence-electron chi connectivity index (χ1n) is 10.7. The topological polar surface area (TPSA) is 92.7 Å². The highest BCUT2D eigenvalue weighted by atomic mass is 32.2. The summed E-state index contributed by atoms with van der Waals surface area (Å²) in [6, 6.07) is 11.8. The van der Waals surface area contributed by atoms with Gasteiger partial charge in [0.25, 0.3) is 0 Å². The first-order chi connectivity index (χ1) is 14.6. The Bertz CT molecular complexity index is 1020. The van der Waals surface area contributed by atoms with Gasteiger partial charge in [-0.25, -0.2) is 13.2 Å². The first-order valence-corrected chi connectivity index (χ1v) is 12.2. The van der Waals surface area contributed by atoms with Gasteiger partial charge in [0.05, 0.1) is 16.0 Å². The van der Waals surface area contributed by atoms with E-state index >= 15 is 0 Å². The third-order valence-corrected chi connectivity index (χ3v) is 8.70. The minimum absolute atomic E-state index is 0.00728. The lowest BCUT2D eigenvalue weighted by molar-refractivity contribution is 0.0697. The van der Waals surface area contributed by atoms with Gasteiger partial charge < -0.3 is 9.84 Å². The minimum Gasteiger partial charge on any atom is -0.487 e. The summed E-state index contributed by atoms with van der Waals surface area (Å²) < 4.78 is 35.0. The Hall–Kier alpha value is -2.54. The summed E-state index contributed by atoms with van der Waals surface area (Å²) in [5.41, 5.74) is 2.39. The molecule has 0 heterocycles. The maximum Gasteiger partial charge on any atom is 0.335 e. The van der Waals surface area contributed by atoms with Gasteiger partial charge in [-0.05, 0) is 61.1 Å². The second-order valence-corrected chi connectivity index (χ2v) is 10.7. The van der Waals surface area contributed by atoms with E-state index in [2.05, 4.69) is 4.72 Å². The van der Waals surface area contributed by atoms with Crippen LogP contribution in [0.15, 0.2) is 42.5 Å². The Labute approximate surface area is 184 Å². The number of anilines is 1. The molecule has 1 fully saturated rings. The van der Waals surface area contributed by atoms with Gasteiger partial charge in [-0.15, -0.1) is 0 Å². The molecular weight excluding hydrogens is 414 g/mol. The van der Waals surface area contributed by atoms with E-state index in [-0.39, 0.29) is 18.1 Å². The van der Waals surface area contributed by atoms with Crippen LogP contribution in [0.5, 0.6) is 5.75 Å². The number of carboxylic acids is 1. The van der Waals surface area contributed by atoms with E-state index < -0.39 is 20.7 Å². The highest BCUT2D eigenvalue weighted by Gasteiger charge is 2.47. The van der Waals surface area contributed by atoms with Crippen LogP contribution in [0.4, 0.5) is 5.69 Å². The molecule has 0 radical (unpaired) electrons. The van der Waals surface area contributed by atoms with Crippen LogP contribution in [0.25, 0.3) is 0 Å². The second-order valence-electron chi connectivity index (χ2n) is 8.68. The Morgan fingerprint density at radius 1 is 1.10 bits per heavy atom. The molecule has 3 rings (SSSR count). The van der Waals surface area contributed by atoms with Gasteiger partial charge >= 0.3 is 5.97 Å². The van der Waals surface area contributed by atoms with Crippen molar-refractivity contribution in [2.45, 2.75) is 64.2 Å². The number of carbonyl (C=O) groups is 1. The standard InChI is InChI=1S/C24H31NO5S/c1-17(2)24(13-5-4-6-14-24)31(28,29)25-21-12-7-18(3)15-22(21)30-16-19-8-10-20(11-9-19)23(26)27/h7-12,15,17,25H,4-6,13-14,16H2,1-3H3,(H,26,27). The summed E-state index contributed by atoms with van der Waals surface area (Å²) in [6.07, 6.45) is 4.24. The molecular formula is C24H31NO5S. The van der Waals surface area contributed by atoms with E-state index in [0.717, 1.165) is 30.4 Å². The predicted molar refractivity (Wildman–Crippen MR) is 122 cm³/mol. The molecule has 0 aromatic heterocycles. The lowest BCUT2D eigenvalue weighted by atomic mass is 9.81. The zero-order valence-electron chi connectivity index (χ0n) is 18.3. The number of carboxylic acid groups (broad SMARTS) is 1. The number of rotatable bonds is 8. The van der Waals surface area contributed by atoms with Crippen LogP contribution >= 0.6 is 0 Å². The third kappa shape index (κ3) is 5.03. The van der Waals surface area contributed by atoms with Crippen molar-refractivity contribution in [1.29, 1.82) is 0 Å². The maximum atomic E-state index is 13.5. The number of aryl methyl sites for hydroxylation is 1. The van der Waals surface area contributed by atoms with Crippen molar-refractivity contribution in [3.8, 4) is 5.75 Å². The fraction of sp³-hybridized carbons (Fsp3) is 0.458. The number of ether oxygens (including phenoxy) is 1. The highest BCUT2D eigenvalue weighted by molar-refractivity contribution is 7.94. The van der Waals surface area contributed by atoms with Gasteiger partial charge in [0.1, 0.15) is 12.4 Å². The monoisotopic (exact) mass is 445 g/mol. The molecule has 0 amide bonds. The van der Waals surface area contributed by atoms with Crippen molar-refractivity contribution in [1.82, 2.24) is 0 Å². The lowest BCUT2D eigenvalue weighted by Crippen LogP contribution is -2.48. The molecule has 2 aromatic carbocycles. The van der Waals surface area contributed by atoms with Crippen LogP contribution in [0, 0.1) is 12.8 Å². The van der Waals surface area contributed by atoms with E-state index in [0.29, 0.717) is 24.3 Å². The number of sulfonamides is 1. The smallest absolute Gasteiger partial charge is 0.335 e. The number of nitrogens with one attached hydrogen (secondary N) is 1. The number of hydrogen-bond acceptors (Lipinski definition) is 4. The van der Waals surface area contributed by atoms with Crippen molar-refractivity contribution in [2.24, 2.45) is 5.92 Å². The fourth-order valence-electron chi connectivity index (χ4n) is 4.29. The molecule has 0 saturated heterocycles. The zero-order valence-corrected chi connectivity index (χ0v) is 19.2. The van der Waals surface area contributed by atoms with E-state index in [4.69, 9.17) is 9.84 Å². The van der Waals surface area contributed by atoms with Crippen molar-refractivity contribution < 1.29 is 23.1 Å². The molecule has 1 saturated carbocycles. The van der Waals surface area contributed by atoms with Gasteiger partial charge in [-0.2, -0.15) is 0 Å². The average molecular weight is 446 g/mol. The average Bonchev–Trinajstić information content (AvgIpc) is 2.74. The van der Waals surface area contributed by atoms with Gasteiger partial charge in [0.2, 0.25) is 10.0 Å². The summed E-state index contributed by atoms with van der Waals surface area (Å²) in [6.45, 7) is 6.09. The molecule has 0 bridgehead atoms. The Morgan fingerprint density at radius 2 is 1.74 bits per heavy atom. The van der Waals surface area contributed by atoms with Gasteiger partial charge in [-0.1, -0.05) is 51.3 Å². The van der Waals surface area contributed by atoms with Crippen LogP contribution in [-0.4, -0.2) is 24.2 Å². The van der Waals surface area contributed by atoms with Crippen molar-refractivity contribution >= 4 is 21.7 Å². The molecule has 168 valence electrons. The van der Waals surface area contributed by atoms with Crippen LogP contribution < -0.4 is 9.46 Å². The Kier molecular flexibility index (Phi) is 6.94. The number of aromatic carboxylic acids is 1. The molecule has 0 aliphatic heterocycles. The molecule has 0 atom stereocenters. The Morgan fingerprint density at radius 3 is 2.32 bits per heavy atom. The van der Waals surface area contributed by atoms with Crippen LogP contribution in [-0.2, 0) is 16.6 Å². The normalized spacial score (nSPS) is 16.1. The summed E-state index contributed by atoms with van der Waals surface area (Å²) in [7, 11) is -3.63. The molecule has 1 aliphatic rings. The Balaban J connectivity index is 1.83. The quantitative estimate of drug-likeness (QED) is 0.570. The molecule has 2 aromatic rings.